The molecule has 6 aromatic rings. The van der Waals surface area contributed by atoms with Gasteiger partial charge in [0, 0.05) is 40.6 Å². The highest BCUT2D eigenvalue weighted by molar-refractivity contribution is 5.94. The fourth-order valence-electron chi connectivity index (χ4n) is 5.74. The summed E-state index contributed by atoms with van der Waals surface area (Å²) in [5.74, 6) is 4.70. The molecule has 0 radical (unpaired) electrons. The Bertz CT molecular complexity index is 2390. The molecule has 2 heterocycles. The summed E-state index contributed by atoms with van der Waals surface area (Å²) in [7, 11) is 9.14. The molecule has 278 valence electrons. The highest BCUT2D eigenvalue weighted by atomic mass is 16.5. The fraction of sp³-hybridized carbons (Fsp3) is 0.184. The molecule has 4 aromatic carbocycles. The van der Waals surface area contributed by atoms with Crippen LogP contribution in [0.5, 0.6) is 57.5 Å². The van der Waals surface area contributed by atoms with Crippen molar-refractivity contribution in [2.45, 2.75) is 6.54 Å². The van der Waals surface area contributed by atoms with Crippen molar-refractivity contribution in [2.24, 2.45) is 5.73 Å². The van der Waals surface area contributed by atoms with Crippen molar-refractivity contribution in [3.05, 3.63) is 71.8 Å². The summed E-state index contributed by atoms with van der Waals surface area (Å²) >= 11 is 0. The van der Waals surface area contributed by atoms with Crippen LogP contribution in [0.4, 0.5) is 11.6 Å². The van der Waals surface area contributed by atoms with Crippen LogP contribution in [0.2, 0.25) is 0 Å². The molecule has 7 N–H and O–H groups in total. The quantitative estimate of drug-likeness (QED) is 0.116. The maximum absolute atomic E-state index is 11.3. The normalized spacial score (nSPS) is 10.4. The number of aromatic amines is 1. The van der Waals surface area contributed by atoms with Crippen LogP contribution in [0.15, 0.2) is 60.7 Å². The predicted octanol–water partition coefficient (Wildman–Crippen LogP) is 5.84. The lowest BCUT2D eigenvalue weighted by atomic mass is 10.1. The van der Waals surface area contributed by atoms with Crippen molar-refractivity contribution in [2.75, 3.05) is 54.1 Å². The molecule has 0 spiro atoms. The van der Waals surface area contributed by atoms with Crippen molar-refractivity contribution in [1.29, 1.82) is 10.5 Å². The molecule has 6 rings (SSSR count). The van der Waals surface area contributed by atoms with Crippen LogP contribution in [-0.4, -0.2) is 58.1 Å². The number of nitrogens with one attached hydrogen (secondary N) is 1. The number of nitrogens with two attached hydrogens (primary N) is 3. The molecule has 0 aliphatic rings. The number of benzene rings is 4. The molecular formula is C38H37N7O9. The second-order valence-electron chi connectivity index (χ2n) is 11.3. The molecule has 0 saturated heterocycles. The minimum atomic E-state index is -0.559. The number of primary amides is 1. The van der Waals surface area contributed by atoms with Crippen LogP contribution in [0, 0.1) is 22.7 Å². The van der Waals surface area contributed by atoms with E-state index in [1.54, 1.807) is 60.7 Å². The van der Waals surface area contributed by atoms with E-state index in [4.69, 9.17) is 55.1 Å². The lowest BCUT2D eigenvalue weighted by Gasteiger charge is -2.14. The summed E-state index contributed by atoms with van der Waals surface area (Å²) in [5.41, 5.74) is 19.1. The molecule has 0 fully saturated rings. The van der Waals surface area contributed by atoms with Gasteiger partial charge < -0.3 is 64.6 Å². The van der Waals surface area contributed by atoms with Crippen molar-refractivity contribution < 1.29 is 42.7 Å². The maximum atomic E-state index is 11.3. The van der Waals surface area contributed by atoms with Gasteiger partial charge in [-0.2, -0.15) is 10.5 Å². The third kappa shape index (κ3) is 7.39. The fourth-order valence-corrected chi connectivity index (χ4v) is 5.74. The Balaban J connectivity index is 0.000000210. The number of carbonyl (C=O) groups is 1. The number of H-pyrrole nitrogens is 1. The number of carbonyl (C=O) groups excluding carboxylic acids is 1. The number of nitrogens with zero attached hydrogens (tertiary/aromatic N) is 3. The Morgan fingerprint density at radius 2 is 1.11 bits per heavy atom. The van der Waals surface area contributed by atoms with E-state index in [2.05, 4.69) is 17.1 Å². The van der Waals surface area contributed by atoms with E-state index in [9.17, 15) is 15.3 Å². The van der Waals surface area contributed by atoms with Crippen LogP contribution in [-0.2, 0) is 11.3 Å². The third-order valence-corrected chi connectivity index (χ3v) is 8.16. The monoisotopic (exact) mass is 735 g/mol. The first-order valence-corrected chi connectivity index (χ1v) is 15.9. The Hall–Kier alpha value is -7.59. The summed E-state index contributed by atoms with van der Waals surface area (Å²) in [6, 6.07) is 21.3. The van der Waals surface area contributed by atoms with Gasteiger partial charge >= 0.3 is 0 Å². The first-order valence-electron chi connectivity index (χ1n) is 15.9. The van der Waals surface area contributed by atoms with E-state index in [-0.39, 0.29) is 17.9 Å². The molecule has 0 unspecified atom stereocenters. The highest BCUT2D eigenvalue weighted by Crippen LogP contribution is 2.44. The highest BCUT2D eigenvalue weighted by Gasteiger charge is 2.19. The summed E-state index contributed by atoms with van der Waals surface area (Å²) in [6.07, 6.45) is 0. The first-order chi connectivity index (χ1) is 26.0. The van der Waals surface area contributed by atoms with E-state index in [0.717, 1.165) is 5.52 Å². The van der Waals surface area contributed by atoms with Gasteiger partial charge in [0.2, 0.25) is 17.4 Å². The number of methoxy groups -OCH3 is 6. The SMILES string of the molecule is COc1cc(Oc2ccc3[nH]c(N)c(C#N)c3c2)cc(OC)c1OC.COc1cc(Oc2ccc3c(c2)c(C#N)c(N)n3CC(N)=O)cc(OC)c1OC. The van der Waals surface area contributed by atoms with Gasteiger partial charge in [0.1, 0.15) is 64.4 Å². The maximum Gasteiger partial charge on any atom is 0.237 e. The molecule has 54 heavy (non-hydrogen) atoms. The van der Waals surface area contributed by atoms with E-state index < -0.39 is 5.91 Å². The number of hydrogen-bond donors (Lipinski definition) is 4. The number of aromatic nitrogens is 2. The zero-order valence-electron chi connectivity index (χ0n) is 30.2. The number of amides is 1. The van der Waals surface area contributed by atoms with Gasteiger partial charge in [-0.25, -0.2) is 0 Å². The molecule has 16 nitrogen and oxygen atoms in total. The summed E-state index contributed by atoms with van der Waals surface area (Å²) in [4.78, 5) is 14.3. The average Bonchev–Trinajstić information content (AvgIpc) is 3.63. The minimum Gasteiger partial charge on any atom is -0.493 e. The van der Waals surface area contributed by atoms with Crippen LogP contribution < -0.4 is 55.1 Å². The van der Waals surface area contributed by atoms with E-state index >= 15 is 0 Å². The predicted molar refractivity (Wildman–Crippen MR) is 200 cm³/mol. The summed E-state index contributed by atoms with van der Waals surface area (Å²) < 4.78 is 45.2. The summed E-state index contributed by atoms with van der Waals surface area (Å²) in [6.45, 7) is -0.128. The Morgan fingerprint density at radius 3 is 1.54 bits per heavy atom. The molecule has 0 aliphatic carbocycles. The smallest absolute Gasteiger partial charge is 0.237 e. The molecule has 0 saturated carbocycles. The average molecular weight is 736 g/mol. The van der Waals surface area contributed by atoms with Crippen molar-refractivity contribution in [3.63, 3.8) is 0 Å². The van der Waals surface area contributed by atoms with E-state index in [1.165, 1.54) is 47.2 Å². The topological polar surface area (TPSA) is 237 Å². The number of fused-ring (bicyclic) bond motifs is 2. The van der Waals surface area contributed by atoms with Gasteiger partial charge in [-0.3, -0.25) is 4.79 Å². The molecule has 16 heteroatoms. The lowest BCUT2D eigenvalue weighted by molar-refractivity contribution is -0.118. The number of anilines is 2. The van der Waals surface area contributed by atoms with Crippen LogP contribution in [0.1, 0.15) is 11.1 Å². The number of hydrogen-bond acceptors (Lipinski definition) is 13. The van der Waals surface area contributed by atoms with Gasteiger partial charge in [0.05, 0.1) is 48.2 Å². The van der Waals surface area contributed by atoms with Gasteiger partial charge in [0.25, 0.3) is 0 Å². The number of nitriles is 2. The zero-order valence-corrected chi connectivity index (χ0v) is 30.2. The largest absolute Gasteiger partial charge is 0.493 e. The molecular weight excluding hydrogens is 698 g/mol. The first kappa shape index (κ1) is 37.7. The van der Waals surface area contributed by atoms with Crippen LogP contribution >= 0.6 is 0 Å². The van der Waals surface area contributed by atoms with Crippen molar-refractivity contribution in [1.82, 2.24) is 9.55 Å². The van der Waals surface area contributed by atoms with Crippen molar-refractivity contribution in [3.8, 4) is 69.6 Å². The van der Waals surface area contributed by atoms with Gasteiger partial charge in [-0.1, -0.05) is 0 Å². The minimum absolute atomic E-state index is 0.128. The molecule has 1 amide bonds. The number of nitrogen functional groups attached to an aromatic ring is 2. The third-order valence-electron chi connectivity index (χ3n) is 8.16. The zero-order chi connectivity index (χ0) is 39.1. The van der Waals surface area contributed by atoms with Gasteiger partial charge in [0.15, 0.2) is 23.0 Å². The lowest BCUT2D eigenvalue weighted by Crippen LogP contribution is -2.19. The molecule has 0 aliphatic heterocycles. The second kappa shape index (κ2) is 16.2. The van der Waals surface area contributed by atoms with E-state index in [1.807, 2.05) is 0 Å². The Morgan fingerprint density at radius 1 is 0.648 bits per heavy atom. The second-order valence-corrected chi connectivity index (χ2v) is 11.3. The standard InChI is InChI=1S/C20H20N4O5.C18H17N3O4/c1-26-16-7-12(8-17(27-2)19(16)28-3)29-11-4-5-15-13(6-11)14(9-21)20(23)24(15)10-18(22)25;1-22-15-7-11(8-16(23-2)17(15)24-3)25-10-4-5-14-12(6-10)13(9-19)18(20)21-14/h4-8H,10,23H2,1-3H3,(H2,22,25);4-8,21H,20H2,1-3H3. The number of ether oxygens (including phenoxy) is 8. The Kier molecular flexibility index (Phi) is 11.3. The van der Waals surface area contributed by atoms with Crippen LogP contribution in [0.3, 0.4) is 0 Å². The molecule has 2 aromatic heterocycles. The molecule has 0 atom stereocenters. The van der Waals surface area contributed by atoms with E-state index in [0.29, 0.717) is 85.2 Å². The van der Waals surface area contributed by atoms with Crippen LogP contribution in [0.25, 0.3) is 21.8 Å². The molecule has 0 bridgehead atoms. The number of rotatable bonds is 12. The van der Waals surface area contributed by atoms with Gasteiger partial charge in [-0.15, -0.1) is 0 Å². The van der Waals surface area contributed by atoms with Crippen molar-refractivity contribution >= 4 is 39.3 Å². The van der Waals surface area contributed by atoms with Gasteiger partial charge in [-0.05, 0) is 36.4 Å². The summed E-state index contributed by atoms with van der Waals surface area (Å²) in [5, 5.41) is 20.0. The Labute approximate surface area is 309 Å².